The number of nitrogens with one attached hydrogen (secondary N) is 1. The van der Waals surface area contributed by atoms with E-state index in [-0.39, 0.29) is 11.8 Å². The fourth-order valence-corrected chi connectivity index (χ4v) is 2.10. The largest absolute Gasteiger partial charge is 0.309 e. The number of sulfone groups is 1. The van der Waals surface area contributed by atoms with E-state index in [0.29, 0.717) is 6.42 Å². The summed E-state index contributed by atoms with van der Waals surface area (Å²) in [6.07, 6.45) is 4.91. The lowest BCUT2D eigenvalue weighted by Gasteiger charge is -2.16. The second-order valence-corrected chi connectivity index (χ2v) is 5.92. The predicted molar refractivity (Wildman–Crippen MR) is 62.8 cm³/mol. The number of hydrogen-bond acceptors (Lipinski definition) is 5. The fraction of sp³-hybridized carbons (Fsp3) is 0.600. The lowest BCUT2D eigenvalue weighted by Crippen LogP contribution is -2.24. The Balaban J connectivity index is 2.69. The van der Waals surface area contributed by atoms with Gasteiger partial charge in [-0.1, -0.05) is 6.92 Å². The molecule has 6 heteroatoms. The zero-order chi connectivity index (χ0) is 12.0. The zero-order valence-corrected chi connectivity index (χ0v) is 10.4. The quantitative estimate of drug-likeness (QED) is 0.790. The van der Waals surface area contributed by atoms with Gasteiger partial charge in [0.05, 0.1) is 17.5 Å². The molecule has 0 aromatic carbocycles. The van der Waals surface area contributed by atoms with Crippen LogP contribution in [0.25, 0.3) is 0 Å². The monoisotopic (exact) mass is 243 g/mol. The van der Waals surface area contributed by atoms with Crippen LogP contribution in [0.2, 0.25) is 0 Å². The lowest BCUT2D eigenvalue weighted by molar-refractivity contribution is 0.518. The molecule has 1 aromatic rings. The van der Waals surface area contributed by atoms with Gasteiger partial charge in [-0.05, 0) is 19.0 Å². The first-order valence-corrected chi connectivity index (χ1v) is 7.26. The molecule has 0 aliphatic rings. The third-order valence-corrected chi connectivity index (χ3v) is 3.17. The topological polar surface area (TPSA) is 72.0 Å². The van der Waals surface area contributed by atoms with E-state index in [1.165, 1.54) is 12.6 Å². The Kier molecular flexibility index (Phi) is 4.82. The van der Waals surface area contributed by atoms with E-state index in [4.69, 9.17) is 0 Å². The van der Waals surface area contributed by atoms with E-state index in [1.54, 1.807) is 12.3 Å². The highest BCUT2D eigenvalue weighted by atomic mass is 32.2. The Morgan fingerprint density at radius 1 is 1.50 bits per heavy atom. The van der Waals surface area contributed by atoms with Crippen LogP contribution in [0.1, 0.15) is 25.1 Å². The minimum atomic E-state index is -2.93. The van der Waals surface area contributed by atoms with Gasteiger partial charge < -0.3 is 5.32 Å². The van der Waals surface area contributed by atoms with Crippen molar-refractivity contribution in [3.8, 4) is 0 Å². The Labute approximate surface area is 96.2 Å². The highest BCUT2D eigenvalue weighted by molar-refractivity contribution is 7.90. The number of aromatic nitrogens is 2. The molecule has 0 saturated heterocycles. The van der Waals surface area contributed by atoms with Crippen LogP contribution in [-0.4, -0.2) is 36.9 Å². The van der Waals surface area contributed by atoms with E-state index in [0.717, 1.165) is 12.2 Å². The molecule has 5 nitrogen and oxygen atoms in total. The molecule has 90 valence electrons. The molecule has 16 heavy (non-hydrogen) atoms. The fourth-order valence-electron chi connectivity index (χ4n) is 1.44. The molecule has 0 bridgehead atoms. The molecular weight excluding hydrogens is 226 g/mol. The van der Waals surface area contributed by atoms with Crippen LogP contribution < -0.4 is 5.32 Å². The molecule has 1 rings (SSSR count). The van der Waals surface area contributed by atoms with Crippen LogP contribution in [0.5, 0.6) is 0 Å². The van der Waals surface area contributed by atoms with Gasteiger partial charge in [0.1, 0.15) is 16.2 Å². The van der Waals surface area contributed by atoms with Crippen molar-refractivity contribution in [2.75, 3.05) is 18.6 Å². The first-order chi connectivity index (χ1) is 7.53. The average Bonchev–Trinajstić information content (AvgIpc) is 2.24. The summed E-state index contributed by atoms with van der Waals surface area (Å²) in [5, 5.41) is 3.22. The van der Waals surface area contributed by atoms with Crippen LogP contribution in [0, 0.1) is 0 Å². The van der Waals surface area contributed by atoms with Gasteiger partial charge in [-0.25, -0.2) is 18.4 Å². The van der Waals surface area contributed by atoms with Gasteiger partial charge in [-0.3, -0.25) is 0 Å². The van der Waals surface area contributed by atoms with Crippen molar-refractivity contribution in [3.63, 3.8) is 0 Å². The second-order valence-electron chi connectivity index (χ2n) is 3.66. The molecule has 0 spiro atoms. The van der Waals surface area contributed by atoms with Gasteiger partial charge in [0.2, 0.25) is 0 Å². The van der Waals surface area contributed by atoms with Crippen LogP contribution in [0.4, 0.5) is 0 Å². The summed E-state index contributed by atoms with van der Waals surface area (Å²) in [4.78, 5) is 7.97. The molecule has 0 aliphatic heterocycles. The summed E-state index contributed by atoms with van der Waals surface area (Å²) >= 11 is 0. The second kappa shape index (κ2) is 5.91. The lowest BCUT2D eigenvalue weighted by atomic mass is 10.1. The summed E-state index contributed by atoms with van der Waals surface area (Å²) in [7, 11) is -2.93. The Morgan fingerprint density at radius 2 is 2.25 bits per heavy atom. The summed E-state index contributed by atoms with van der Waals surface area (Å²) < 4.78 is 22.2. The van der Waals surface area contributed by atoms with E-state index >= 15 is 0 Å². The molecule has 0 aliphatic carbocycles. The third kappa shape index (κ3) is 4.67. The van der Waals surface area contributed by atoms with Crippen molar-refractivity contribution in [2.45, 2.75) is 19.4 Å². The third-order valence-electron chi connectivity index (χ3n) is 2.19. The maximum atomic E-state index is 11.1. The van der Waals surface area contributed by atoms with E-state index in [2.05, 4.69) is 15.3 Å². The van der Waals surface area contributed by atoms with Gasteiger partial charge in [0.15, 0.2) is 0 Å². The maximum absolute atomic E-state index is 11.1. The van der Waals surface area contributed by atoms with Gasteiger partial charge in [0.25, 0.3) is 0 Å². The summed E-state index contributed by atoms with van der Waals surface area (Å²) in [5.41, 5.74) is 0.834. The zero-order valence-electron chi connectivity index (χ0n) is 9.55. The van der Waals surface area contributed by atoms with Crippen molar-refractivity contribution >= 4 is 9.84 Å². The van der Waals surface area contributed by atoms with Crippen molar-refractivity contribution in [1.82, 2.24) is 15.3 Å². The molecule has 0 radical (unpaired) electrons. The molecule has 1 N–H and O–H groups in total. The molecule has 0 fully saturated rings. The van der Waals surface area contributed by atoms with Crippen LogP contribution in [-0.2, 0) is 9.84 Å². The molecule has 0 amide bonds. The van der Waals surface area contributed by atoms with Gasteiger partial charge in [0, 0.05) is 12.5 Å². The molecule has 1 unspecified atom stereocenters. The Morgan fingerprint density at radius 3 is 2.75 bits per heavy atom. The molecule has 1 heterocycles. The smallest absolute Gasteiger partial charge is 0.147 e. The molecule has 0 saturated carbocycles. The maximum Gasteiger partial charge on any atom is 0.147 e. The van der Waals surface area contributed by atoms with Gasteiger partial charge >= 0.3 is 0 Å². The number of nitrogens with zero attached hydrogens (tertiary/aromatic N) is 2. The predicted octanol–water partition coefficient (Wildman–Crippen LogP) is 0.562. The van der Waals surface area contributed by atoms with Crippen LogP contribution >= 0.6 is 0 Å². The average molecular weight is 243 g/mol. The minimum Gasteiger partial charge on any atom is -0.309 e. The van der Waals surface area contributed by atoms with Crippen LogP contribution in [0.15, 0.2) is 18.6 Å². The summed E-state index contributed by atoms with van der Waals surface area (Å²) in [6.45, 7) is 2.76. The van der Waals surface area contributed by atoms with Gasteiger partial charge in [-0.2, -0.15) is 0 Å². The first-order valence-electron chi connectivity index (χ1n) is 5.20. The minimum absolute atomic E-state index is 0.0253. The molecule has 1 atom stereocenters. The van der Waals surface area contributed by atoms with Crippen molar-refractivity contribution in [3.05, 3.63) is 24.3 Å². The normalized spacial score (nSPS) is 13.6. The Hall–Kier alpha value is -1.01. The summed E-state index contributed by atoms with van der Waals surface area (Å²) in [6, 6.07) is 1.78. The molecule has 1 aromatic heterocycles. The van der Waals surface area contributed by atoms with E-state index in [1.807, 2.05) is 6.92 Å². The summed E-state index contributed by atoms with van der Waals surface area (Å²) in [5.74, 6) is 0.161. The SMILES string of the molecule is CCNC(CCS(C)(=O)=O)c1ccncn1. The Bertz CT molecular complexity index is 405. The standard InChI is InChI=1S/C10H17N3O2S/c1-3-12-10(5-7-16(2,14)15)9-4-6-11-8-13-9/h4,6,8,10,12H,3,5,7H2,1-2H3. The van der Waals surface area contributed by atoms with Crippen molar-refractivity contribution in [2.24, 2.45) is 0 Å². The highest BCUT2D eigenvalue weighted by Crippen LogP contribution is 2.13. The van der Waals surface area contributed by atoms with Crippen molar-refractivity contribution < 1.29 is 8.42 Å². The highest BCUT2D eigenvalue weighted by Gasteiger charge is 2.14. The van der Waals surface area contributed by atoms with E-state index < -0.39 is 9.84 Å². The van der Waals surface area contributed by atoms with Crippen molar-refractivity contribution in [1.29, 1.82) is 0 Å². The number of rotatable bonds is 6. The van der Waals surface area contributed by atoms with E-state index in [9.17, 15) is 8.42 Å². The van der Waals surface area contributed by atoms with Gasteiger partial charge in [-0.15, -0.1) is 0 Å². The first kappa shape index (κ1) is 13.1. The number of hydrogen-bond donors (Lipinski definition) is 1. The van der Waals surface area contributed by atoms with Crippen LogP contribution in [0.3, 0.4) is 0 Å². The molecular formula is C10H17N3O2S.